The van der Waals surface area contributed by atoms with Crippen molar-refractivity contribution in [2.45, 2.75) is 57.7 Å². The lowest BCUT2D eigenvalue weighted by Crippen LogP contribution is -3.16. The van der Waals surface area contributed by atoms with E-state index < -0.39 is 0 Å². The van der Waals surface area contributed by atoms with Crippen molar-refractivity contribution in [1.29, 1.82) is 0 Å². The first-order valence-electron chi connectivity index (χ1n) is 5.39. The summed E-state index contributed by atoms with van der Waals surface area (Å²) in [7, 11) is 4.56. The number of nitrogens with one attached hydrogen (secondary N) is 1. The van der Waals surface area contributed by atoms with Gasteiger partial charge in [-0.05, 0) is 27.7 Å². The molecule has 1 heterocycles. The van der Waals surface area contributed by atoms with E-state index in [1.54, 1.807) is 4.90 Å². The van der Waals surface area contributed by atoms with E-state index in [0.29, 0.717) is 11.1 Å². The zero-order valence-corrected chi connectivity index (χ0v) is 10.1. The predicted molar refractivity (Wildman–Crippen MR) is 55.9 cm³/mol. The number of rotatable bonds is 1. The molecule has 1 aliphatic rings. The summed E-state index contributed by atoms with van der Waals surface area (Å²) in [5, 5.41) is 2.54. The molecule has 0 unspecified atom stereocenters. The van der Waals surface area contributed by atoms with Crippen LogP contribution in [0.5, 0.6) is 0 Å². The van der Waals surface area contributed by atoms with E-state index in [2.05, 4.69) is 47.1 Å². The molecule has 0 spiro atoms. The second kappa shape index (κ2) is 3.25. The molecule has 1 fully saturated rings. The maximum absolute atomic E-state index is 2.54. The molecular weight excluding hydrogens is 160 g/mol. The van der Waals surface area contributed by atoms with Gasteiger partial charge in [0, 0.05) is 0 Å². The van der Waals surface area contributed by atoms with Gasteiger partial charge in [0.2, 0.25) is 0 Å². The van der Waals surface area contributed by atoms with Crippen LogP contribution < -0.4 is 10.2 Å². The maximum atomic E-state index is 2.54. The molecule has 1 rings (SSSR count). The van der Waals surface area contributed by atoms with Gasteiger partial charge < -0.3 is 10.2 Å². The summed E-state index contributed by atoms with van der Waals surface area (Å²) in [6, 6.07) is 0.829. The fourth-order valence-corrected chi connectivity index (χ4v) is 2.93. The Morgan fingerprint density at radius 1 is 1.00 bits per heavy atom. The summed E-state index contributed by atoms with van der Waals surface area (Å²) in [4.78, 5) is 1.61. The molecule has 13 heavy (non-hydrogen) atoms. The lowest BCUT2D eigenvalue weighted by atomic mass is 9.79. The SMILES string of the molecule is C[NH+](C)C1CC(C)(C)[NH2+]C(C)(C)C1. The van der Waals surface area contributed by atoms with Gasteiger partial charge >= 0.3 is 0 Å². The smallest absolute Gasteiger partial charge is 0.0990 e. The van der Waals surface area contributed by atoms with Crippen LogP contribution in [0.3, 0.4) is 0 Å². The van der Waals surface area contributed by atoms with Gasteiger partial charge in [-0.25, -0.2) is 0 Å². The molecule has 3 N–H and O–H groups in total. The minimum absolute atomic E-state index is 0.420. The molecular formula is C11H26N2+2. The van der Waals surface area contributed by atoms with E-state index in [0.717, 1.165) is 6.04 Å². The second-order valence-electron chi connectivity index (χ2n) is 6.30. The van der Waals surface area contributed by atoms with Crippen molar-refractivity contribution in [3.8, 4) is 0 Å². The quantitative estimate of drug-likeness (QED) is 0.546. The van der Waals surface area contributed by atoms with Gasteiger partial charge in [-0.15, -0.1) is 0 Å². The lowest BCUT2D eigenvalue weighted by molar-refractivity contribution is -0.909. The zero-order chi connectivity index (χ0) is 10.3. The van der Waals surface area contributed by atoms with E-state index >= 15 is 0 Å². The largest absolute Gasteiger partial charge is 0.337 e. The minimum Gasteiger partial charge on any atom is -0.337 e. The summed E-state index contributed by atoms with van der Waals surface area (Å²) < 4.78 is 0. The monoisotopic (exact) mass is 186 g/mol. The van der Waals surface area contributed by atoms with Gasteiger partial charge in [0.1, 0.15) is 0 Å². The first-order valence-corrected chi connectivity index (χ1v) is 5.39. The molecule has 1 saturated heterocycles. The molecule has 0 saturated carbocycles. The van der Waals surface area contributed by atoms with Crippen LogP contribution in [0.25, 0.3) is 0 Å². The summed E-state index contributed by atoms with van der Waals surface area (Å²) in [5.74, 6) is 0. The van der Waals surface area contributed by atoms with Gasteiger partial charge in [0.05, 0.1) is 44.1 Å². The molecule has 78 valence electrons. The number of hydrogen-bond donors (Lipinski definition) is 2. The van der Waals surface area contributed by atoms with Crippen molar-refractivity contribution in [2.75, 3.05) is 14.1 Å². The van der Waals surface area contributed by atoms with Crippen LogP contribution in [0.15, 0.2) is 0 Å². The number of hydrogen-bond acceptors (Lipinski definition) is 0. The van der Waals surface area contributed by atoms with E-state index in [9.17, 15) is 0 Å². The Labute approximate surface area is 82.7 Å². The molecule has 2 heteroatoms. The Hall–Kier alpha value is -0.0800. The first kappa shape index (κ1) is 11.0. The van der Waals surface area contributed by atoms with E-state index in [1.807, 2.05) is 0 Å². The van der Waals surface area contributed by atoms with Crippen molar-refractivity contribution in [3.63, 3.8) is 0 Å². The Bertz CT molecular complexity index is 167. The number of nitrogens with two attached hydrogens (primary N) is 1. The molecule has 1 aliphatic heterocycles. The van der Waals surface area contributed by atoms with Gasteiger partial charge in [-0.1, -0.05) is 0 Å². The third-order valence-electron chi connectivity index (χ3n) is 3.14. The third-order valence-corrected chi connectivity index (χ3v) is 3.14. The van der Waals surface area contributed by atoms with Crippen molar-refractivity contribution in [1.82, 2.24) is 0 Å². The number of quaternary nitrogens is 2. The minimum atomic E-state index is 0.420. The van der Waals surface area contributed by atoms with E-state index in [1.165, 1.54) is 12.8 Å². The molecule has 2 nitrogen and oxygen atoms in total. The normalized spacial score (nSPS) is 27.9. The van der Waals surface area contributed by atoms with Crippen LogP contribution in [0.1, 0.15) is 40.5 Å². The fourth-order valence-electron chi connectivity index (χ4n) is 2.93. The second-order valence-corrected chi connectivity index (χ2v) is 6.30. The predicted octanol–water partition coefficient (Wildman–Crippen LogP) is -0.586. The Balaban J connectivity index is 2.72. The standard InChI is InChI=1S/C11H24N2/c1-10(2)7-9(13(5)6)8-11(3,4)12-10/h9,12H,7-8H2,1-6H3/p+2. The highest BCUT2D eigenvalue weighted by Crippen LogP contribution is 2.19. The van der Waals surface area contributed by atoms with E-state index in [4.69, 9.17) is 0 Å². The van der Waals surface area contributed by atoms with Crippen LogP contribution in [-0.4, -0.2) is 31.2 Å². The Morgan fingerprint density at radius 3 is 1.69 bits per heavy atom. The van der Waals surface area contributed by atoms with Gasteiger partial charge in [0.25, 0.3) is 0 Å². The van der Waals surface area contributed by atoms with Crippen LogP contribution in [-0.2, 0) is 0 Å². The first-order chi connectivity index (χ1) is 5.72. The molecule has 0 atom stereocenters. The maximum Gasteiger partial charge on any atom is 0.0990 e. The fraction of sp³-hybridized carbons (Fsp3) is 1.00. The van der Waals surface area contributed by atoms with Gasteiger partial charge in [0.15, 0.2) is 0 Å². The van der Waals surface area contributed by atoms with Crippen molar-refractivity contribution >= 4 is 0 Å². The highest BCUT2D eigenvalue weighted by molar-refractivity contribution is 4.83. The van der Waals surface area contributed by atoms with Gasteiger partial charge in [-0.3, -0.25) is 0 Å². The topological polar surface area (TPSA) is 21.1 Å². The van der Waals surface area contributed by atoms with E-state index in [-0.39, 0.29) is 0 Å². The lowest BCUT2D eigenvalue weighted by Gasteiger charge is -2.43. The number of piperidine rings is 1. The van der Waals surface area contributed by atoms with Crippen LogP contribution in [0.2, 0.25) is 0 Å². The average molecular weight is 186 g/mol. The highest BCUT2D eigenvalue weighted by atomic mass is 15.1. The molecule has 0 aromatic rings. The van der Waals surface area contributed by atoms with Crippen LogP contribution in [0, 0.1) is 0 Å². The summed E-state index contributed by atoms with van der Waals surface area (Å²) in [6.07, 6.45) is 2.66. The van der Waals surface area contributed by atoms with Crippen LogP contribution >= 0.6 is 0 Å². The highest BCUT2D eigenvalue weighted by Gasteiger charge is 2.44. The summed E-state index contributed by atoms with van der Waals surface area (Å²) in [5.41, 5.74) is 0.841. The molecule has 0 aromatic heterocycles. The Morgan fingerprint density at radius 2 is 1.38 bits per heavy atom. The summed E-state index contributed by atoms with van der Waals surface area (Å²) >= 11 is 0. The van der Waals surface area contributed by atoms with Gasteiger partial charge in [-0.2, -0.15) is 0 Å². The molecule has 0 aromatic carbocycles. The van der Waals surface area contributed by atoms with Crippen LogP contribution in [0.4, 0.5) is 0 Å². The molecule has 0 bridgehead atoms. The molecule has 0 aliphatic carbocycles. The third kappa shape index (κ3) is 2.96. The molecule has 0 radical (unpaired) electrons. The van der Waals surface area contributed by atoms with Crippen molar-refractivity contribution < 1.29 is 10.2 Å². The molecule has 0 amide bonds. The van der Waals surface area contributed by atoms with Crippen molar-refractivity contribution in [2.24, 2.45) is 0 Å². The Kier molecular flexibility index (Phi) is 2.75. The zero-order valence-electron chi connectivity index (χ0n) is 10.1. The van der Waals surface area contributed by atoms with Crippen molar-refractivity contribution in [3.05, 3.63) is 0 Å². The average Bonchev–Trinajstić information content (AvgIpc) is 1.79. The summed E-state index contributed by atoms with van der Waals surface area (Å²) in [6.45, 7) is 9.46.